The van der Waals surface area contributed by atoms with E-state index < -0.39 is 0 Å². The maximum atomic E-state index is 12.1. The van der Waals surface area contributed by atoms with Crippen LogP contribution in [0.25, 0.3) is 20.8 Å². The molecule has 0 aliphatic heterocycles. The number of hydrogen-bond donors (Lipinski definition) is 1. The molecule has 140 valence electrons. The van der Waals surface area contributed by atoms with Crippen molar-refractivity contribution in [3.63, 3.8) is 0 Å². The van der Waals surface area contributed by atoms with Gasteiger partial charge in [-0.1, -0.05) is 28.1 Å². The third kappa shape index (κ3) is 4.40. The molecule has 0 unspecified atom stereocenters. The molecule has 4 nitrogen and oxygen atoms in total. The number of fused-ring (bicyclic) bond motifs is 1. The van der Waals surface area contributed by atoms with E-state index >= 15 is 0 Å². The third-order valence-corrected chi connectivity index (χ3v) is 5.69. The number of aromatic nitrogens is 1. The number of nitrogens with zero attached hydrogens (tertiary/aromatic N) is 1. The lowest BCUT2D eigenvalue weighted by Gasteiger charge is -2.08. The standard InChI is InChI=1S/C22H17BrN2O2S/c1-14-5-10-19-20(11-14)28-22(25-19)15-6-8-17(9-7-15)24-21(26)13-27-18-4-2-3-16(23)12-18/h2-12H,13H2,1H3,(H,24,26). The quantitative estimate of drug-likeness (QED) is 0.400. The monoisotopic (exact) mass is 452 g/mol. The smallest absolute Gasteiger partial charge is 0.262 e. The summed E-state index contributed by atoms with van der Waals surface area (Å²) in [6.07, 6.45) is 0. The first-order chi connectivity index (χ1) is 13.6. The van der Waals surface area contributed by atoms with Crippen LogP contribution in [0.2, 0.25) is 0 Å². The van der Waals surface area contributed by atoms with Gasteiger partial charge in [0.1, 0.15) is 10.8 Å². The Bertz CT molecular complexity index is 1140. The predicted octanol–water partition coefficient (Wildman–Crippen LogP) is 6.05. The molecule has 0 bridgehead atoms. The number of anilines is 1. The lowest BCUT2D eigenvalue weighted by molar-refractivity contribution is -0.118. The van der Waals surface area contributed by atoms with Crippen LogP contribution >= 0.6 is 27.3 Å². The third-order valence-electron chi connectivity index (χ3n) is 4.13. The maximum Gasteiger partial charge on any atom is 0.262 e. The molecule has 1 heterocycles. The number of carbonyl (C=O) groups excluding carboxylic acids is 1. The van der Waals surface area contributed by atoms with Gasteiger partial charge in [0.25, 0.3) is 5.91 Å². The molecular weight excluding hydrogens is 436 g/mol. The number of amides is 1. The lowest BCUT2D eigenvalue weighted by Crippen LogP contribution is -2.20. The van der Waals surface area contributed by atoms with Gasteiger partial charge in [-0.2, -0.15) is 0 Å². The van der Waals surface area contributed by atoms with Gasteiger partial charge in [-0.05, 0) is 67.1 Å². The number of rotatable bonds is 5. The van der Waals surface area contributed by atoms with Gasteiger partial charge in [-0.3, -0.25) is 4.79 Å². The minimum atomic E-state index is -0.205. The number of thiazole rings is 1. The Kier molecular flexibility index (Phi) is 5.41. The molecule has 1 N–H and O–H groups in total. The molecule has 4 aromatic rings. The largest absolute Gasteiger partial charge is 0.484 e. The summed E-state index contributed by atoms with van der Waals surface area (Å²) >= 11 is 5.05. The highest BCUT2D eigenvalue weighted by molar-refractivity contribution is 9.10. The van der Waals surface area contributed by atoms with E-state index in [-0.39, 0.29) is 12.5 Å². The fourth-order valence-corrected chi connectivity index (χ4v) is 4.20. The SMILES string of the molecule is Cc1ccc2nc(-c3ccc(NC(=O)COc4cccc(Br)c4)cc3)sc2c1. The highest BCUT2D eigenvalue weighted by Gasteiger charge is 2.08. The first kappa shape index (κ1) is 18.7. The Morgan fingerprint density at radius 3 is 2.71 bits per heavy atom. The van der Waals surface area contributed by atoms with Gasteiger partial charge in [0.2, 0.25) is 0 Å². The van der Waals surface area contributed by atoms with E-state index in [2.05, 4.69) is 40.3 Å². The highest BCUT2D eigenvalue weighted by atomic mass is 79.9. The van der Waals surface area contributed by atoms with Crippen molar-refractivity contribution < 1.29 is 9.53 Å². The molecule has 0 radical (unpaired) electrons. The first-order valence-electron chi connectivity index (χ1n) is 8.73. The minimum absolute atomic E-state index is 0.0462. The highest BCUT2D eigenvalue weighted by Crippen LogP contribution is 2.31. The zero-order chi connectivity index (χ0) is 19.5. The molecule has 6 heteroatoms. The summed E-state index contributed by atoms with van der Waals surface area (Å²) < 4.78 is 7.59. The van der Waals surface area contributed by atoms with Gasteiger partial charge < -0.3 is 10.1 Å². The maximum absolute atomic E-state index is 12.1. The van der Waals surface area contributed by atoms with Gasteiger partial charge in [0.15, 0.2) is 6.61 Å². The summed E-state index contributed by atoms with van der Waals surface area (Å²) in [4.78, 5) is 16.8. The average molecular weight is 453 g/mol. The van der Waals surface area contributed by atoms with Gasteiger partial charge in [-0.25, -0.2) is 4.98 Å². The van der Waals surface area contributed by atoms with Crippen molar-refractivity contribution in [1.82, 2.24) is 4.98 Å². The van der Waals surface area contributed by atoms with Crippen molar-refractivity contribution in [2.45, 2.75) is 6.92 Å². The number of nitrogens with one attached hydrogen (secondary N) is 1. The van der Waals surface area contributed by atoms with E-state index in [1.54, 1.807) is 11.3 Å². The summed E-state index contributed by atoms with van der Waals surface area (Å²) in [6.45, 7) is 2.03. The van der Waals surface area contributed by atoms with Gasteiger partial charge in [-0.15, -0.1) is 11.3 Å². The van der Waals surface area contributed by atoms with Crippen LogP contribution in [0.4, 0.5) is 5.69 Å². The average Bonchev–Trinajstić information content (AvgIpc) is 3.10. The molecule has 1 amide bonds. The van der Waals surface area contributed by atoms with Crippen LogP contribution in [0.1, 0.15) is 5.56 Å². The minimum Gasteiger partial charge on any atom is -0.484 e. The summed E-state index contributed by atoms with van der Waals surface area (Å²) in [5.41, 5.74) is 3.99. The van der Waals surface area contributed by atoms with Gasteiger partial charge in [0, 0.05) is 15.7 Å². The number of halogens is 1. The van der Waals surface area contributed by atoms with E-state index in [1.807, 2.05) is 54.6 Å². The van der Waals surface area contributed by atoms with Crippen LogP contribution in [0, 0.1) is 6.92 Å². The van der Waals surface area contributed by atoms with Crippen molar-refractivity contribution in [3.8, 4) is 16.3 Å². The van der Waals surface area contributed by atoms with Crippen molar-refractivity contribution in [1.29, 1.82) is 0 Å². The van der Waals surface area contributed by atoms with Crippen LogP contribution in [-0.4, -0.2) is 17.5 Å². The van der Waals surface area contributed by atoms with Crippen molar-refractivity contribution in [2.75, 3.05) is 11.9 Å². The van der Waals surface area contributed by atoms with E-state index in [4.69, 9.17) is 9.72 Å². The molecule has 0 fully saturated rings. The Morgan fingerprint density at radius 2 is 1.93 bits per heavy atom. The molecule has 0 aliphatic carbocycles. The Balaban J connectivity index is 1.40. The van der Waals surface area contributed by atoms with Crippen LogP contribution in [0.15, 0.2) is 71.2 Å². The number of hydrogen-bond acceptors (Lipinski definition) is 4. The summed E-state index contributed by atoms with van der Waals surface area (Å²) in [7, 11) is 0. The lowest BCUT2D eigenvalue weighted by atomic mass is 10.2. The normalized spacial score (nSPS) is 10.8. The summed E-state index contributed by atoms with van der Waals surface area (Å²) in [5, 5.41) is 3.82. The molecule has 0 spiro atoms. The molecule has 0 saturated heterocycles. The van der Waals surface area contributed by atoms with Crippen molar-refractivity contribution in [2.24, 2.45) is 0 Å². The second-order valence-corrected chi connectivity index (χ2v) is 8.31. The van der Waals surface area contributed by atoms with E-state index in [1.165, 1.54) is 10.3 Å². The van der Waals surface area contributed by atoms with E-state index in [9.17, 15) is 4.79 Å². The number of aryl methyl sites for hydroxylation is 1. The molecule has 0 saturated carbocycles. The summed E-state index contributed by atoms with van der Waals surface area (Å²) in [6, 6.07) is 21.4. The van der Waals surface area contributed by atoms with Gasteiger partial charge >= 0.3 is 0 Å². The number of carbonyl (C=O) groups is 1. The van der Waals surface area contributed by atoms with Crippen LogP contribution in [0.3, 0.4) is 0 Å². The van der Waals surface area contributed by atoms with Gasteiger partial charge in [0.05, 0.1) is 10.2 Å². The molecule has 0 aliphatic rings. The zero-order valence-electron chi connectivity index (χ0n) is 15.1. The number of ether oxygens (including phenoxy) is 1. The second kappa shape index (κ2) is 8.12. The second-order valence-electron chi connectivity index (χ2n) is 6.36. The Hall–Kier alpha value is -2.70. The fraction of sp³-hybridized carbons (Fsp3) is 0.0909. The Labute approximate surface area is 175 Å². The van der Waals surface area contributed by atoms with E-state index in [0.29, 0.717) is 5.75 Å². The number of benzene rings is 3. The predicted molar refractivity (Wildman–Crippen MR) is 118 cm³/mol. The Morgan fingerprint density at radius 1 is 1.11 bits per heavy atom. The molecule has 4 rings (SSSR count). The first-order valence-corrected chi connectivity index (χ1v) is 10.3. The fourth-order valence-electron chi connectivity index (χ4n) is 2.75. The van der Waals surface area contributed by atoms with Crippen LogP contribution < -0.4 is 10.1 Å². The van der Waals surface area contributed by atoms with Crippen molar-refractivity contribution in [3.05, 3.63) is 76.8 Å². The van der Waals surface area contributed by atoms with Crippen LogP contribution in [0.5, 0.6) is 5.75 Å². The van der Waals surface area contributed by atoms with Crippen molar-refractivity contribution >= 4 is 49.1 Å². The van der Waals surface area contributed by atoms with Crippen LogP contribution in [-0.2, 0) is 4.79 Å². The van der Waals surface area contributed by atoms with E-state index in [0.717, 1.165) is 26.2 Å². The summed E-state index contributed by atoms with van der Waals surface area (Å²) in [5.74, 6) is 0.439. The molecule has 3 aromatic carbocycles. The zero-order valence-corrected chi connectivity index (χ0v) is 17.5. The molecule has 28 heavy (non-hydrogen) atoms. The molecular formula is C22H17BrN2O2S. The molecule has 1 aromatic heterocycles. The molecule has 0 atom stereocenters. The topological polar surface area (TPSA) is 51.2 Å².